The molecule has 0 spiro atoms. The summed E-state index contributed by atoms with van der Waals surface area (Å²) in [5, 5.41) is 5.86. The van der Waals surface area contributed by atoms with Crippen LogP contribution < -0.4 is 16.2 Å². The van der Waals surface area contributed by atoms with Gasteiger partial charge < -0.3 is 10.6 Å². The summed E-state index contributed by atoms with van der Waals surface area (Å²) in [4.78, 5) is 42.8. The first-order valence-electron chi connectivity index (χ1n) is 9.14. The number of thiophene rings is 1. The number of carbonyl (C=O) groups is 2. The van der Waals surface area contributed by atoms with Gasteiger partial charge in [0.2, 0.25) is 11.8 Å². The van der Waals surface area contributed by atoms with Crippen LogP contribution in [0.25, 0.3) is 10.2 Å². The highest BCUT2D eigenvalue weighted by molar-refractivity contribution is 7.18. The summed E-state index contributed by atoms with van der Waals surface area (Å²) in [6, 6.07) is 9.35. The number of rotatable bonds is 7. The lowest BCUT2D eigenvalue weighted by Gasteiger charge is -2.10. The third kappa shape index (κ3) is 4.45. The number of amides is 2. The third-order valence-corrected chi connectivity index (χ3v) is 5.54. The first kappa shape index (κ1) is 19.8. The van der Waals surface area contributed by atoms with E-state index < -0.39 is 5.91 Å². The number of aryl methyl sites for hydroxylation is 2. The molecule has 0 saturated carbocycles. The number of hydrogen-bond donors (Lipinski definition) is 2. The largest absolute Gasteiger partial charge is 0.345 e. The van der Waals surface area contributed by atoms with Crippen LogP contribution in [0.3, 0.4) is 0 Å². The van der Waals surface area contributed by atoms with Gasteiger partial charge >= 0.3 is 0 Å². The van der Waals surface area contributed by atoms with E-state index in [4.69, 9.17) is 0 Å². The molecule has 2 heterocycles. The summed E-state index contributed by atoms with van der Waals surface area (Å²) in [6.07, 6.45) is 3.00. The Bertz CT molecular complexity index is 1070. The average Bonchev–Trinajstić information content (AvgIpc) is 3.13. The van der Waals surface area contributed by atoms with Crippen LogP contribution in [0.1, 0.15) is 24.3 Å². The van der Waals surface area contributed by atoms with Gasteiger partial charge in [0, 0.05) is 10.6 Å². The van der Waals surface area contributed by atoms with Crippen LogP contribution in [-0.4, -0.2) is 27.9 Å². The second-order valence-corrected chi connectivity index (χ2v) is 7.41. The highest BCUT2D eigenvalue weighted by atomic mass is 32.1. The molecule has 0 atom stereocenters. The molecule has 2 N–H and O–H groups in total. The van der Waals surface area contributed by atoms with Gasteiger partial charge in [-0.25, -0.2) is 4.98 Å². The van der Waals surface area contributed by atoms with Gasteiger partial charge in [-0.3, -0.25) is 19.0 Å². The minimum Gasteiger partial charge on any atom is -0.345 e. The van der Waals surface area contributed by atoms with Crippen molar-refractivity contribution in [3.8, 4) is 0 Å². The fourth-order valence-corrected chi connectivity index (χ4v) is 3.76. The molecule has 28 heavy (non-hydrogen) atoms. The Balaban J connectivity index is 1.60. The Morgan fingerprint density at radius 1 is 1.14 bits per heavy atom. The van der Waals surface area contributed by atoms with E-state index in [1.165, 1.54) is 22.2 Å². The van der Waals surface area contributed by atoms with E-state index in [1.807, 2.05) is 44.2 Å². The monoisotopic (exact) mass is 398 g/mol. The zero-order chi connectivity index (χ0) is 20.1. The lowest BCUT2D eigenvalue weighted by atomic mass is 10.1. The standard InChI is InChI=1S/C20H22N4O3S/c1-3-13-7-5-6-8-16(13)23-17(25)10-21-18(26)11-24-12-22-19-15(20(24)27)9-14(4-2)28-19/h5-9,12H,3-4,10-11H2,1-2H3,(H,21,26)(H,23,25). The molecule has 0 aliphatic carbocycles. The minimum absolute atomic E-state index is 0.167. The van der Waals surface area contributed by atoms with E-state index in [0.717, 1.165) is 29.0 Å². The van der Waals surface area contributed by atoms with Crippen LogP contribution in [0.15, 0.2) is 41.5 Å². The van der Waals surface area contributed by atoms with Crippen molar-refractivity contribution in [1.29, 1.82) is 0 Å². The smallest absolute Gasteiger partial charge is 0.262 e. The molecule has 0 aliphatic heterocycles. The summed E-state index contributed by atoms with van der Waals surface area (Å²) >= 11 is 1.48. The molecule has 0 radical (unpaired) electrons. The lowest BCUT2D eigenvalue weighted by Crippen LogP contribution is -2.37. The predicted octanol–water partition coefficient (Wildman–Crippen LogP) is 2.34. The second kappa shape index (κ2) is 8.79. The maximum atomic E-state index is 12.5. The Morgan fingerprint density at radius 2 is 1.93 bits per heavy atom. The first-order valence-corrected chi connectivity index (χ1v) is 9.95. The van der Waals surface area contributed by atoms with E-state index in [1.54, 1.807) is 0 Å². The molecule has 2 aromatic heterocycles. The van der Waals surface area contributed by atoms with Crippen molar-refractivity contribution in [2.24, 2.45) is 0 Å². The number of carbonyl (C=O) groups excluding carboxylic acids is 2. The van der Waals surface area contributed by atoms with E-state index in [2.05, 4.69) is 15.6 Å². The molecule has 3 aromatic rings. The van der Waals surface area contributed by atoms with Crippen molar-refractivity contribution in [1.82, 2.24) is 14.9 Å². The van der Waals surface area contributed by atoms with Crippen molar-refractivity contribution in [2.75, 3.05) is 11.9 Å². The second-order valence-electron chi connectivity index (χ2n) is 6.30. The van der Waals surface area contributed by atoms with Crippen LogP contribution in [0.4, 0.5) is 5.69 Å². The van der Waals surface area contributed by atoms with Crippen molar-refractivity contribution in [2.45, 2.75) is 33.2 Å². The van der Waals surface area contributed by atoms with Crippen molar-refractivity contribution >= 4 is 39.1 Å². The summed E-state index contributed by atoms with van der Waals surface area (Å²) in [5.74, 6) is -0.742. The van der Waals surface area contributed by atoms with Gasteiger partial charge in [-0.15, -0.1) is 11.3 Å². The zero-order valence-corrected chi connectivity index (χ0v) is 16.6. The Morgan fingerprint density at radius 3 is 2.68 bits per heavy atom. The molecule has 1 aromatic carbocycles. The molecule has 8 heteroatoms. The van der Waals surface area contributed by atoms with Gasteiger partial charge in [-0.1, -0.05) is 32.0 Å². The summed E-state index contributed by atoms with van der Waals surface area (Å²) in [7, 11) is 0. The minimum atomic E-state index is -0.423. The van der Waals surface area contributed by atoms with E-state index in [0.29, 0.717) is 10.2 Å². The number of para-hydroxylation sites is 1. The number of nitrogens with zero attached hydrogens (tertiary/aromatic N) is 2. The third-order valence-electron chi connectivity index (χ3n) is 4.35. The predicted molar refractivity (Wildman–Crippen MR) is 111 cm³/mol. The molecule has 3 rings (SSSR count). The summed E-state index contributed by atoms with van der Waals surface area (Å²) in [5.41, 5.74) is 1.51. The van der Waals surface area contributed by atoms with Crippen molar-refractivity contribution in [3.05, 3.63) is 57.5 Å². The maximum absolute atomic E-state index is 12.5. The molecular weight excluding hydrogens is 376 g/mol. The molecule has 0 bridgehead atoms. The molecular formula is C20H22N4O3S. The van der Waals surface area contributed by atoms with Crippen LogP contribution >= 0.6 is 11.3 Å². The van der Waals surface area contributed by atoms with Crippen molar-refractivity contribution in [3.63, 3.8) is 0 Å². The first-order chi connectivity index (χ1) is 13.5. The molecule has 0 saturated heterocycles. The maximum Gasteiger partial charge on any atom is 0.262 e. The normalized spacial score (nSPS) is 10.8. The SMILES string of the molecule is CCc1cc2c(=O)n(CC(=O)NCC(=O)Nc3ccccc3CC)cnc2s1. The van der Waals surface area contributed by atoms with Crippen LogP contribution in [0.2, 0.25) is 0 Å². The molecule has 0 unspecified atom stereocenters. The molecule has 2 amide bonds. The van der Waals surface area contributed by atoms with E-state index >= 15 is 0 Å². The molecule has 7 nitrogen and oxygen atoms in total. The highest BCUT2D eigenvalue weighted by Gasteiger charge is 2.12. The van der Waals surface area contributed by atoms with Crippen molar-refractivity contribution < 1.29 is 9.59 Å². The highest BCUT2D eigenvalue weighted by Crippen LogP contribution is 2.20. The summed E-state index contributed by atoms with van der Waals surface area (Å²) < 4.78 is 1.26. The molecule has 0 aliphatic rings. The van der Waals surface area contributed by atoms with Gasteiger partial charge in [0.1, 0.15) is 11.4 Å². The van der Waals surface area contributed by atoms with Gasteiger partial charge in [-0.05, 0) is 30.5 Å². The number of nitrogens with one attached hydrogen (secondary N) is 2. The Labute approximate surface area is 166 Å². The molecule has 146 valence electrons. The Kier molecular flexibility index (Phi) is 6.20. The van der Waals surface area contributed by atoms with Gasteiger partial charge in [0.15, 0.2) is 0 Å². The zero-order valence-electron chi connectivity index (χ0n) is 15.8. The van der Waals surface area contributed by atoms with Crippen LogP contribution in [-0.2, 0) is 29.0 Å². The van der Waals surface area contributed by atoms with Gasteiger partial charge in [0.05, 0.1) is 18.3 Å². The van der Waals surface area contributed by atoms with Gasteiger partial charge in [-0.2, -0.15) is 0 Å². The quantitative estimate of drug-likeness (QED) is 0.639. The number of fused-ring (bicyclic) bond motifs is 1. The van der Waals surface area contributed by atoms with E-state index in [-0.39, 0.29) is 24.6 Å². The van der Waals surface area contributed by atoms with Crippen LogP contribution in [0, 0.1) is 0 Å². The lowest BCUT2D eigenvalue weighted by molar-refractivity contribution is -0.124. The average molecular weight is 398 g/mol. The topological polar surface area (TPSA) is 93.1 Å². The van der Waals surface area contributed by atoms with Crippen LogP contribution in [0.5, 0.6) is 0 Å². The molecule has 0 fully saturated rings. The fraction of sp³-hybridized carbons (Fsp3) is 0.300. The number of aromatic nitrogens is 2. The number of benzene rings is 1. The van der Waals surface area contributed by atoms with Gasteiger partial charge in [0.25, 0.3) is 5.56 Å². The fourth-order valence-electron chi connectivity index (χ4n) is 2.83. The van der Waals surface area contributed by atoms with E-state index in [9.17, 15) is 14.4 Å². The number of hydrogen-bond acceptors (Lipinski definition) is 5. The number of anilines is 1. The summed E-state index contributed by atoms with van der Waals surface area (Å²) in [6.45, 7) is 3.67. The Hall–Kier alpha value is -3.00.